The quantitative estimate of drug-likeness (QED) is 0.116. The highest BCUT2D eigenvalue weighted by molar-refractivity contribution is 8.00. The van der Waals surface area contributed by atoms with E-state index in [-0.39, 0.29) is 30.5 Å². The normalized spacial score (nSPS) is 14.6. The zero-order chi connectivity index (χ0) is 32.6. The molecule has 0 aliphatic carbocycles. The lowest BCUT2D eigenvalue weighted by Gasteiger charge is -2.15. The first kappa shape index (κ1) is 32.2. The standard InChI is InChI=1S/C35H28ClN3O6S/c1-2-45-35(44)24-11-15-27(16-12-24)39-31(40)21-30(34(39)43)46-28-17-13-26(14-18-28)37-33(42)29(20-22-7-6-10-25(36)19-22)38-32(41)23-8-4-3-5-9-23/h3-20,30H,2,21H2,1H3,(H,37,42)(H,38,41)/b29-20-. The molecule has 1 heterocycles. The van der Waals surface area contributed by atoms with E-state index in [1.165, 1.54) is 30.0 Å². The third kappa shape index (κ3) is 7.90. The summed E-state index contributed by atoms with van der Waals surface area (Å²) in [6, 6.07) is 28.3. The van der Waals surface area contributed by atoms with Gasteiger partial charge in [0.2, 0.25) is 11.8 Å². The first-order valence-electron chi connectivity index (χ1n) is 14.3. The van der Waals surface area contributed by atoms with Gasteiger partial charge in [-0.15, -0.1) is 11.8 Å². The zero-order valence-electron chi connectivity index (χ0n) is 24.6. The van der Waals surface area contributed by atoms with Gasteiger partial charge in [-0.1, -0.05) is 41.9 Å². The second-order valence-electron chi connectivity index (χ2n) is 10.1. The highest BCUT2D eigenvalue weighted by Gasteiger charge is 2.40. The molecule has 4 aromatic rings. The Balaban J connectivity index is 1.25. The van der Waals surface area contributed by atoms with Crippen LogP contribution in [0.5, 0.6) is 0 Å². The molecule has 0 aromatic heterocycles. The van der Waals surface area contributed by atoms with Crippen LogP contribution in [0.15, 0.2) is 114 Å². The molecule has 4 aromatic carbocycles. The minimum Gasteiger partial charge on any atom is -0.462 e. The summed E-state index contributed by atoms with van der Waals surface area (Å²) in [5, 5.41) is 5.32. The molecule has 46 heavy (non-hydrogen) atoms. The second kappa shape index (κ2) is 14.7. The van der Waals surface area contributed by atoms with Gasteiger partial charge in [0.15, 0.2) is 0 Å². The van der Waals surface area contributed by atoms with Crippen LogP contribution in [0.3, 0.4) is 0 Å². The van der Waals surface area contributed by atoms with Crippen molar-refractivity contribution in [3.05, 3.63) is 131 Å². The number of carbonyl (C=O) groups is 5. The summed E-state index contributed by atoms with van der Waals surface area (Å²) in [7, 11) is 0. The van der Waals surface area contributed by atoms with Crippen LogP contribution >= 0.6 is 23.4 Å². The number of thioether (sulfide) groups is 1. The predicted molar refractivity (Wildman–Crippen MR) is 178 cm³/mol. The van der Waals surface area contributed by atoms with Crippen LogP contribution in [0.2, 0.25) is 5.02 Å². The van der Waals surface area contributed by atoms with Gasteiger partial charge in [0, 0.05) is 27.6 Å². The van der Waals surface area contributed by atoms with E-state index in [1.54, 1.807) is 97.9 Å². The number of imide groups is 1. The highest BCUT2D eigenvalue weighted by Crippen LogP contribution is 2.34. The maximum Gasteiger partial charge on any atom is 0.338 e. The van der Waals surface area contributed by atoms with Gasteiger partial charge in [0.05, 0.1) is 23.1 Å². The van der Waals surface area contributed by atoms with Crippen LogP contribution in [0.25, 0.3) is 6.08 Å². The van der Waals surface area contributed by atoms with Gasteiger partial charge in [0.25, 0.3) is 11.8 Å². The molecule has 4 amide bonds. The Morgan fingerprint density at radius 1 is 0.913 bits per heavy atom. The number of rotatable bonds is 10. The van der Waals surface area contributed by atoms with Gasteiger partial charge in [-0.2, -0.15) is 0 Å². The second-order valence-corrected chi connectivity index (χ2v) is 11.8. The van der Waals surface area contributed by atoms with Crippen LogP contribution in [-0.4, -0.2) is 41.5 Å². The van der Waals surface area contributed by atoms with E-state index in [0.717, 1.165) is 9.80 Å². The minimum absolute atomic E-state index is 0.0139. The number of benzene rings is 4. The Morgan fingerprint density at radius 2 is 1.63 bits per heavy atom. The van der Waals surface area contributed by atoms with E-state index in [0.29, 0.717) is 33.1 Å². The lowest BCUT2D eigenvalue weighted by Crippen LogP contribution is -2.31. The first-order valence-corrected chi connectivity index (χ1v) is 15.5. The highest BCUT2D eigenvalue weighted by atomic mass is 35.5. The average molecular weight is 654 g/mol. The maximum atomic E-state index is 13.3. The molecule has 232 valence electrons. The average Bonchev–Trinajstić information content (AvgIpc) is 3.33. The Bertz CT molecular complexity index is 1810. The van der Waals surface area contributed by atoms with Gasteiger partial charge >= 0.3 is 5.97 Å². The van der Waals surface area contributed by atoms with Gasteiger partial charge < -0.3 is 15.4 Å². The number of halogens is 1. The third-order valence-corrected chi connectivity index (χ3v) is 8.25. The molecular weight excluding hydrogens is 626 g/mol. The van der Waals surface area contributed by atoms with E-state index in [9.17, 15) is 24.0 Å². The van der Waals surface area contributed by atoms with E-state index in [4.69, 9.17) is 16.3 Å². The molecule has 1 aliphatic rings. The molecule has 1 unspecified atom stereocenters. The molecule has 0 spiro atoms. The fourth-order valence-electron chi connectivity index (χ4n) is 4.61. The number of esters is 1. The lowest BCUT2D eigenvalue weighted by atomic mass is 10.1. The predicted octanol–water partition coefficient (Wildman–Crippen LogP) is 6.35. The summed E-state index contributed by atoms with van der Waals surface area (Å²) in [6.45, 7) is 1.95. The number of nitrogens with one attached hydrogen (secondary N) is 2. The lowest BCUT2D eigenvalue weighted by molar-refractivity contribution is -0.121. The van der Waals surface area contributed by atoms with Crippen molar-refractivity contribution in [3.8, 4) is 0 Å². The number of hydrogen-bond acceptors (Lipinski definition) is 7. The number of nitrogens with zero attached hydrogens (tertiary/aromatic N) is 1. The minimum atomic E-state index is -0.641. The van der Waals surface area contributed by atoms with E-state index in [1.807, 2.05) is 0 Å². The Morgan fingerprint density at radius 3 is 2.30 bits per heavy atom. The monoisotopic (exact) mass is 653 g/mol. The number of carbonyl (C=O) groups excluding carboxylic acids is 5. The molecule has 0 bridgehead atoms. The molecule has 1 atom stereocenters. The number of hydrogen-bond donors (Lipinski definition) is 2. The van der Waals surface area contributed by atoms with Crippen molar-refractivity contribution >= 4 is 70.4 Å². The van der Waals surface area contributed by atoms with Crippen molar-refractivity contribution in [2.75, 3.05) is 16.8 Å². The fourth-order valence-corrected chi connectivity index (χ4v) is 5.87. The summed E-state index contributed by atoms with van der Waals surface area (Å²) >= 11 is 7.36. The van der Waals surface area contributed by atoms with Crippen molar-refractivity contribution < 1.29 is 28.7 Å². The van der Waals surface area contributed by atoms with Crippen LogP contribution in [-0.2, 0) is 19.1 Å². The molecule has 5 rings (SSSR count). The Labute approximate surface area is 274 Å². The van der Waals surface area contributed by atoms with Crippen molar-refractivity contribution in [2.24, 2.45) is 0 Å². The number of anilines is 2. The molecular formula is C35H28ClN3O6S. The van der Waals surface area contributed by atoms with Crippen LogP contribution in [0.1, 0.15) is 39.6 Å². The summed E-state index contributed by atoms with van der Waals surface area (Å²) in [4.78, 5) is 65.9. The zero-order valence-corrected chi connectivity index (χ0v) is 26.1. The molecule has 11 heteroatoms. The topological polar surface area (TPSA) is 122 Å². The third-order valence-electron chi connectivity index (χ3n) is 6.82. The van der Waals surface area contributed by atoms with E-state index in [2.05, 4.69) is 10.6 Å². The van der Waals surface area contributed by atoms with Gasteiger partial charge in [-0.25, -0.2) is 9.69 Å². The van der Waals surface area contributed by atoms with Gasteiger partial charge in [-0.05, 0) is 91.4 Å². The summed E-state index contributed by atoms with van der Waals surface area (Å²) in [5.41, 5.74) is 2.19. The van der Waals surface area contributed by atoms with Gasteiger partial charge in [0.1, 0.15) is 5.70 Å². The first-order chi connectivity index (χ1) is 22.2. The number of ether oxygens (including phenoxy) is 1. The maximum absolute atomic E-state index is 13.3. The SMILES string of the molecule is CCOC(=O)c1ccc(N2C(=O)CC(Sc3ccc(NC(=O)/C(=C/c4cccc(Cl)c4)NC(=O)c4ccccc4)cc3)C2=O)cc1. The van der Waals surface area contributed by atoms with E-state index < -0.39 is 23.0 Å². The van der Waals surface area contributed by atoms with Gasteiger partial charge in [-0.3, -0.25) is 19.2 Å². The molecule has 1 aliphatic heterocycles. The molecule has 0 radical (unpaired) electrons. The van der Waals surface area contributed by atoms with Crippen molar-refractivity contribution in [1.29, 1.82) is 0 Å². The molecule has 0 saturated carbocycles. The fraction of sp³-hybridized carbons (Fsp3) is 0.114. The van der Waals surface area contributed by atoms with Crippen LogP contribution in [0, 0.1) is 0 Å². The van der Waals surface area contributed by atoms with Crippen LogP contribution < -0.4 is 15.5 Å². The van der Waals surface area contributed by atoms with Crippen molar-refractivity contribution in [1.82, 2.24) is 5.32 Å². The summed E-state index contributed by atoms with van der Waals surface area (Å²) < 4.78 is 4.98. The molecule has 2 N–H and O–H groups in total. The summed E-state index contributed by atoms with van der Waals surface area (Å²) in [5.74, 6) is -2.18. The van der Waals surface area contributed by atoms with E-state index >= 15 is 0 Å². The molecule has 1 fully saturated rings. The molecule has 1 saturated heterocycles. The van der Waals surface area contributed by atoms with Crippen LogP contribution in [0.4, 0.5) is 11.4 Å². The number of amides is 4. The molecule has 9 nitrogen and oxygen atoms in total. The van der Waals surface area contributed by atoms with Crippen molar-refractivity contribution in [2.45, 2.75) is 23.5 Å². The smallest absolute Gasteiger partial charge is 0.338 e. The Kier molecular flexibility index (Phi) is 10.3. The Hall–Kier alpha value is -5.19. The summed E-state index contributed by atoms with van der Waals surface area (Å²) in [6.07, 6.45) is 1.55. The largest absolute Gasteiger partial charge is 0.462 e. The van der Waals surface area contributed by atoms with Crippen molar-refractivity contribution in [3.63, 3.8) is 0 Å².